The molecule has 8 nitrogen and oxygen atoms in total. The standard InChI is InChI=1S/C30H28BrClN4O4/c1-5-6-20-13-19(14-26(39-4)28(20)40-17-27(37)34-23-10-8-22(32)9-11-23)16-33-36-29(18(2)3)35-25-12-7-21(31)15-24(25)30(36)38/h5,7-16,18H,1,6,17H2,2-4H3,(H,34,37). The number of ether oxygens (including phenoxy) is 2. The molecule has 0 saturated heterocycles. The van der Waals surface area contributed by atoms with E-state index >= 15 is 0 Å². The monoisotopic (exact) mass is 622 g/mol. The minimum Gasteiger partial charge on any atom is -0.493 e. The topological polar surface area (TPSA) is 94.8 Å². The molecule has 0 saturated carbocycles. The van der Waals surface area contributed by atoms with E-state index in [4.69, 9.17) is 21.1 Å². The van der Waals surface area contributed by atoms with Crippen molar-refractivity contribution in [3.63, 3.8) is 0 Å². The summed E-state index contributed by atoms with van der Waals surface area (Å²) in [6, 6.07) is 15.8. The lowest BCUT2D eigenvalue weighted by Crippen LogP contribution is -2.23. The predicted octanol–water partition coefficient (Wildman–Crippen LogP) is 6.57. The Kier molecular flexibility index (Phi) is 9.39. The maximum atomic E-state index is 13.4. The molecular weight excluding hydrogens is 596 g/mol. The number of hydrogen-bond donors (Lipinski definition) is 1. The predicted molar refractivity (Wildman–Crippen MR) is 163 cm³/mol. The van der Waals surface area contributed by atoms with Crippen molar-refractivity contribution in [1.82, 2.24) is 9.66 Å². The number of carbonyl (C=O) groups excluding carboxylic acids is 1. The number of rotatable bonds is 10. The van der Waals surface area contributed by atoms with Gasteiger partial charge in [-0.3, -0.25) is 9.59 Å². The zero-order chi connectivity index (χ0) is 28.8. The average Bonchev–Trinajstić information content (AvgIpc) is 2.93. The second kappa shape index (κ2) is 12.9. The molecule has 4 rings (SSSR count). The normalized spacial score (nSPS) is 11.2. The van der Waals surface area contributed by atoms with Crippen molar-refractivity contribution in [3.05, 3.63) is 104 Å². The summed E-state index contributed by atoms with van der Waals surface area (Å²) in [5.41, 5.74) is 2.36. The van der Waals surface area contributed by atoms with Crippen LogP contribution in [-0.4, -0.2) is 35.5 Å². The van der Waals surface area contributed by atoms with Crippen LogP contribution in [0.15, 0.2) is 81.6 Å². The fourth-order valence-corrected chi connectivity index (χ4v) is 4.51. The van der Waals surface area contributed by atoms with Gasteiger partial charge in [-0.2, -0.15) is 9.78 Å². The number of benzene rings is 3. The van der Waals surface area contributed by atoms with Crippen molar-refractivity contribution < 1.29 is 14.3 Å². The molecule has 0 aliphatic carbocycles. The second-order valence-corrected chi connectivity index (χ2v) is 10.5. The van der Waals surface area contributed by atoms with Crippen LogP contribution in [0.3, 0.4) is 0 Å². The van der Waals surface area contributed by atoms with Gasteiger partial charge in [-0.25, -0.2) is 4.98 Å². The fourth-order valence-electron chi connectivity index (χ4n) is 4.02. The Hall–Kier alpha value is -3.95. The van der Waals surface area contributed by atoms with Crippen molar-refractivity contribution >= 4 is 56.2 Å². The molecule has 1 N–H and O–H groups in total. The lowest BCUT2D eigenvalue weighted by atomic mass is 10.1. The van der Waals surface area contributed by atoms with Crippen LogP contribution in [0, 0.1) is 0 Å². The molecule has 0 radical (unpaired) electrons. The molecule has 0 fully saturated rings. The van der Waals surface area contributed by atoms with Gasteiger partial charge in [-0.05, 0) is 66.6 Å². The van der Waals surface area contributed by atoms with Crippen molar-refractivity contribution in [2.75, 3.05) is 19.0 Å². The number of fused-ring (bicyclic) bond motifs is 1. The molecule has 0 unspecified atom stereocenters. The zero-order valence-electron chi connectivity index (χ0n) is 22.3. The van der Waals surface area contributed by atoms with E-state index in [-0.39, 0.29) is 24.0 Å². The second-order valence-electron chi connectivity index (χ2n) is 9.20. The first-order valence-corrected chi connectivity index (χ1v) is 13.6. The summed E-state index contributed by atoms with van der Waals surface area (Å²) >= 11 is 9.33. The first-order valence-electron chi connectivity index (χ1n) is 12.5. The summed E-state index contributed by atoms with van der Waals surface area (Å²) in [5, 5.41) is 8.32. The van der Waals surface area contributed by atoms with E-state index < -0.39 is 0 Å². The van der Waals surface area contributed by atoms with Crippen molar-refractivity contribution in [1.29, 1.82) is 0 Å². The smallest absolute Gasteiger partial charge is 0.282 e. The minimum absolute atomic E-state index is 0.0430. The number of nitrogens with zero attached hydrogens (tertiary/aromatic N) is 3. The van der Waals surface area contributed by atoms with Crippen LogP contribution >= 0.6 is 27.5 Å². The van der Waals surface area contributed by atoms with Crippen molar-refractivity contribution in [2.24, 2.45) is 5.10 Å². The largest absolute Gasteiger partial charge is 0.493 e. The van der Waals surface area contributed by atoms with Gasteiger partial charge >= 0.3 is 0 Å². The van der Waals surface area contributed by atoms with Crippen LogP contribution in [0.1, 0.15) is 36.7 Å². The van der Waals surface area contributed by atoms with Crippen LogP contribution in [-0.2, 0) is 11.2 Å². The molecule has 3 aromatic carbocycles. The van der Waals surface area contributed by atoms with Crippen LogP contribution in [0.4, 0.5) is 5.69 Å². The number of anilines is 1. The lowest BCUT2D eigenvalue weighted by Gasteiger charge is -2.16. The molecule has 0 bridgehead atoms. The summed E-state index contributed by atoms with van der Waals surface area (Å²) < 4.78 is 13.6. The van der Waals surface area contributed by atoms with E-state index in [1.807, 2.05) is 32.0 Å². The van der Waals surface area contributed by atoms with Crippen LogP contribution in [0.25, 0.3) is 10.9 Å². The highest BCUT2D eigenvalue weighted by Gasteiger charge is 2.16. The summed E-state index contributed by atoms with van der Waals surface area (Å²) in [7, 11) is 1.51. The molecule has 1 aromatic heterocycles. The number of methoxy groups -OCH3 is 1. The van der Waals surface area contributed by atoms with Gasteiger partial charge in [-0.1, -0.05) is 47.5 Å². The Morgan fingerprint density at radius 2 is 1.95 bits per heavy atom. The fraction of sp³-hybridized carbons (Fsp3) is 0.200. The summed E-state index contributed by atoms with van der Waals surface area (Å²) in [6.07, 6.45) is 3.75. The third-order valence-corrected chi connectivity index (χ3v) is 6.63. The van der Waals surface area contributed by atoms with Gasteiger partial charge in [0, 0.05) is 26.7 Å². The highest BCUT2D eigenvalue weighted by molar-refractivity contribution is 9.10. The number of allylic oxidation sites excluding steroid dienone is 1. The quantitative estimate of drug-likeness (QED) is 0.159. The maximum Gasteiger partial charge on any atom is 0.282 e. The van der Waals surface area contributed by atoms with Gasteiger partial charge in [0.2, 0.25) is 0 Å². The van der Waals surface area contributed by atoms with Gasteiger partial charge in [0.05, 0.1) is 24.2 Å². The first-order chi connectivity index (χ1) is 19.2. The molecule has 0 spiro atoms. The Balaban J connectivity index is 1.64. The molecule has 4 aromatic rings. The van der Waals surface area contributed by atoms with Gasteiger partial charge in [0.15, 0.2) is 18.1 Å². The molecule has 0 aliphatic rings. The Labute approximate surface area is 245 Å². The molecule has 0 atom stereocenters. The van der Waals surface area contributed by atoms with E-state index in [9.17, 15) is 9.59 Å². The third kappa shape index (κ3) is 6.78. The molecule has 40 heavy (non-hydrogen) atoms. The van der Waals surface area contributed by atoms with Crippen LogP contribution in [0.5, 0.6) is 11.5 Å². The van der Waals surface area contributed by atoms with Gasteiger partial charge in [-0.15, -0.1) is 6.58 Å². The highest BCUT2D eigenvalue weighted by atomic mass is 79.9. The van der Waals surface area contributed by atoms with Gasteiger partial charge in [0.1, 0.15) is 5.82 Å². The number of amides is 1. The zero-order valence-corrected chi connectivity index (χ0v) is 24.6. The van der Waals surface area contributed by atoms with E-state index in [1.165, 1.54) is 11.8 Å². The maximum absolute atomic E-state index is 13.4. The summed E-state index contributed by atoms with van der Waals surface area (Å²) in [4.78, 5) is 30.5. The lowest BCUT2D eigenvalue weighted by molar-refractivity contribution is -0.118. The minimum atomic E-state index is -0.337. The van der Waals surface area contributed by atoms with Gasteiger partial charge in [0.25, 0.3) is 11.5 Å². The molecule has 0 aliphatic heterocycles. The van der Waals surface area contributed by atoms with E-state index in [0.29, 0.717) is 50.9 Å². The number of nitrogens with one attached hydrogen (secondary N) is 1. The SMILES string of the molecule is C=CCc1cc(C=Nn2c(C(C)C)nc3ccc(Br)cc3c2=O)cc(OC)c1OCC(=O)Nc1ccc(Cl)cc1. The number of halogens is 2. The van der Waals surface area contributed by atoms with E-state index in [2.05, 4.69) is 37.9 Å². The first kappa shape index (κ1) is 29.0. The molecule has 206 valence electrons. The molecule has 10 heteroatoms. The Morgan fingerprint density at radius 3 is 2.62 bits per heavy atom. The van der Waals surface area contributed by atoms with Crippen molar-refractivity contribution in [2.45, 2.75) is 26.2 Å². The number of carbonyl (C=O) groups is 1. The highest BCUT2D eigenvalue weighted by Crippen LogP contribution is 2.33. The number of hydrogen-bond acceptors (Lipinski definition) is 6. The third-order valence-electron chi connectivity index (χ3n) is 5.89. The number of aromatic nitrogens is 2. The van der Waals surface area contributed by atoms with Crippen LogP contribution in [0.2, 0.25) is 5.02 Å². The van der Waals surface area contributed by atoms with E-state index in [1.54, 1.807) is 48.7 Å². The van der Waals surface area contributed by atoms with Crippen molar-refractivity contribution in [3.8, 4) is 11.5 Å². The Bertz CT molecular complexity index is 1650. The summed E-state index contributed by atoms with van der Waals surface area (Å²) in [6.45, 7) is 7.52. The average molecular weight is 624 g/mol. The van der Waals surface area contributed by atoms with Crippen LogP contribution < -0.4 is 20.3 Å². The molecular formula is C30H28BrClN4O4. The molecule has 1 heterocycles. The Morgan fingerprint density at radius 1 is 1.20 bits per heavy atom. The summed E-state index contributed by atoms with van der Waals surface area (Å²) in [5.74, 6) is 0.996. The molecule has 1 amide bonds. The van der Waals surface area contributed by atoms with E-state index in [0.717, 1.165) is 10.0 Å². The van der Waals surface area contributed by atoms with Gasteiger partial charge < -0.3 is 14.8 Å².